The van der Waals surface area contributed by atoms with Gasteiger partial charge in [0.25, 0.3) is 6.01 Å². The van der Waals surface area contributed by atoms with Crippen molar-refractivity contribution in [3.63, 3.8) is 0 Å². The normalized spacial score (nSPS) is 11.1. The highest BCUT2D eigenvalue weighted by atomic mass is 16.5. The van der Waals surface area contributed by atoms with Crippen molar-refractivity contribution in [1.29, 1.82) is 0 Å². The van der Waals surface area contributed by atoms with Crippen molar-refractivity contribution >= 4 is 23.1 Å². The zero-order valence-corrected chi connectivity index (χ0v) is 14.9. The van der Waals surface area contributed by atoms with Crippen LogP contribution in [0.25, 0.3) is 22.4 Å². The van der Waals surface area contributed by atoms with Crippen molar-refractivity contribution in [3.05, 3.63) is 36.0 Å². The van der Waals surface area contributed by atoms with Crippen LogP contribution in [0.2, 0.25) is 0 Å². The third-order valence-corrected chi connectivity index (χ3v) is 3.65. The van der Waals surface area contributed by atoms with Gasteiger partial charge < -0.3 is 19.6 Å². The summed E-state index contributed by atoms with van der Waals surface area (Å²) in [5.41, 5.74) is 2.78. The Balaban J connectivity index is 2.05. The van der Waals surface area contributed by atoms with Gasteiger partial charge in [-0.2, -0.15) is 4.98 Å². The van der Waals surface area contributed by atoms with Crippen molar-refractivity contribution in [2.75, 3.05) is 11.9 Å². The molecule has 3 aromatic rings. The van der Waals surface area contributed by atoms with Crippen LogP contribution in [0.3, 0.4) is 0 Å². The number of anilines is 1. The first kappa shape index (κ1) is 17.7. The van der Waals surface area contributed by atoms with Crippen LogP contribution in [0, 0.1) is 0 Å². The fourth-order valence-corrected chi connectivity index (χ4v) is 2.49. The van der Waals surface area contributed by atoms with E-state index in [4.69, 9.17) is 14.3 Å². The van der Waals surface area contributed by atoms with Crippen molar-refractivity contribution in [1.82, 2.24) is 9.97 Å². The third kappa shape index (κ3) is 3.77. The number of oxazole rings is 1. The number of ether oxygens (including phenoxy) is 1. The molecule has 0 amide bonds. The molecule has 1 aromatic carbocycles. The van der Waals surface area contributed by atoms with E-state index in [9.17, 15) is 4.79 Å². The van der Waals surface area contributed by atoms with Crippen molar-refractivity contribution in [2.45, 2.75) is 33.3 Å². The summed E-state index contributed by atoms with van der Waals surface area (Å²) < 4.78 is 11.7. The second-order valence-corrected chi connectivity index (χ2v) is 6.17. The number of rotatable bonds is 7. The Kier molecular flexibility index (Phi) is 5.06. The lowest BCUT2D eigenvalue weighted by atomic mass is 10.1. The molecule has 0 spiro atoms. The zero-order chi connectivity index (χ0) is 18.7. The van der Waals surface area contributed by atoms with E-state index in [0.29, 0.717) is 28.6 Å². The highest BCUT2D eigenvalue weighted by Gasteiger charge is 2.16. The number of fused-ring (bicyclic) bond motifs is 1. The van der Waals surface area contributed by atoms with Crippen LogP contribution >= 0.6 is 0 Å². The summed E-state index contributed by atoms with van der Waals surface area (Å²) in [6.45, 7) is 6.70. The molecular weight excluding hydrogens is 334 g/mol. The molecule has 0 aliphatic carbocycles. The molecule has 2 aromatic heterocycles. The maximum absolute atomic E-state index is 11.0. The predicted octanol–water partition coefficient (Wildman–Crippen LogP) is 4.20. The van der Waals surface area contributed by atoms with Crippen molar-refractivity contribution in [3.8, 4) is 17.0 Å². The molecule has 0 unspecified atom stereocenters. The standard InChI is InChI=1S/C19H21N3O4/c1-4-7-20-19-22-15-8-13(9-16(17(15)26-19)25-11(2)3)14-6-5-12(10-21-14)18(23)24/h5-6,8-11H,4,7H2,1-3H3,(H,20,22)(H,23,24). The summed E-state index contributed by atoms with van der Waals surface area (Å²) in [4.78, 5) is 19.7. The molecule has 0 radical (unpaired) electrons. The van der Waals surface area contributed by atoms with Crippen molar-refractivity contribution < 1.29 is 19.1 Å². The first-order chi connectivity index (χ1) is 12.5. The summed E-state index contributed by atoms with van der Waals surface area (Å²) in [7, 11) is 0. The first-order valence-corrected chi connectivity index (χ1v) is 8.52. The molecule has 0 aliphatic heterocycles. The number of pyridine rings is 1. The molecule has 7 heteroatoms. The second-order valence-electron chi connectivity index (χ2n) is 6.17. The molecule has 0 bridgehead atoms. The van der Waals surface area contributed by atoms with Gasteiger partial charge in [-0.05, 0) is 44.5 Å². The summed E-state index contributed by atoms with van der Waals surface area (Å²) in [6, 6.07) is 7.32. The highest BCUT2D eigenvalue weighted by molar-refractivity contribution is 5.89. The van der Waals surface area contributed by atoms with Gasteiger partial charge in [0.15, 0.2) is 11.3 Å². The Bertz CT molecular complexity index is 916. The molecule has 136 valence electrons. The molecule has 0 saturated carbocycles. The van der Waals surface area contributed by atoms with Crippen LogP contribution in [-0.4, -0.2) is 33.7 Å². The van der Waals surface area contributed by atoms with Crippen molar-refractivity contribution in [2.24, 2.45) is 0 Å². The monoisotopic (exact) mass is 355 g/mol. The van der Waals surface area contributed by atoms with Gasteiger partial charge in [0.1, 0.15) is 5.52 Å². The lowest BCUT2D eigenvalue weighted by Gasteiger charge is -2.11. The molecule has 0 atom stereocenters. The topological polar surface area (TPSA) is 97.5 Å². The summed E-state index contributed by atoms with van der Waals surface area (Å²) in [6.07, 6.45) is 2.26. The molecule has 0 saturated heterocycles. The lowest BCUT2D eigenvalue weighted by molar-refractivity contribution is 0.0696. The quantitative estimate of drug-likeness (QED) is 0.655. The molecule has 0 aliphatic rings. The molecule has 26 heavy (non-hydrogen) atoms. The van der Waals surface area contributed by atoms with Crippen LogP contribution < -0.4 is 10.1 Å². The fraction of sp³-hybridized carbons (Fsp3) is 0.316. The van der Waals surface area contributed by atoms with Gasteiger partial charge in [-0.25, -0.2) is 4.79 Å². The number of aromatic nitrogens is 2. The van der Waals surface area contributed by atoms with Crippen LogP contribution in [0.5, 0.6) is 5.75 Å². The SMILES string of the molecule is CCCNc1nc2cc(-c3ccc(C(=O)O)cn3)cc(OC(C)C)c2o1. The highest BCUT2D eigenvalue weighted by Crippen LogP contribution is 2.34. The summed E-state index contributed by atoms with van der Waals surface area (Å²) >= 11 is 0. The first-order valence-electron chi connectivity index (χ1n) is 8.52. The molecule has 3 rings (SSSR count). The Labute approximate surface area is 151 Å². The van der Waals surface area contributed by atoms with Crippen LogP contribution in [0.4, 0.5) is 6.01 Å². The molecule has 2 N–H and O–H groups in total. The zero-order valence-electron chi connectivity index (χ0n) is 14.9. The number of nitrogens with one attached hydrogen (secondary N) is 1. The minimum Gasteiger partial charge on any atom is -0.487 e. The Morgan fingerprint density at radius 3 is 2.77 bits per heavy atom. The summed E-state index contributed by atoms with van der Waals surface area (Å²) in [5.74, 6) is -0.430. The van der Waals surface area contributed by atoms with E-state index < -0.39 is 5.97 Å². The van der Waals surface area contributed by atoms with Gasteiger partial charge >= 0.3 is 5.97 Å². The van der Waals surface area contributed by atoms with E-state index in [0.717, 1.165) is 18.5 Å². The number of benzene rings is 1. The maximum Gasteiger partial charge on any atom is 0.337 e. The van der Waals surface area contributed by atoms with E-state index in [1.807, 2.05) is 26.0 Å². The number of hydrogen-bond donors (Lipinski definition) is 2. The largest absolute Gasteiger partial charge is 0.487 e. The van der Waals surface area contributed by atoms with E-state index >= 15 is 0 Å². The third-order valence-electron chi connectivity index (χ3n) is 3.65. The Morgan fingerprint density at radius 1 is 1.35 bits per heavy atom. The van der Waals surface area contributed by atoms with Gasteiger partial charge in [-0.3, -0.25) is 4.98 Å². The average Bonchev–Trinajstić information content (AvgIpc) is 3.02. The van der Waals surface area contributed by atoms with E-state index in [-0.39, 0.29) is 11.7 Å². The van der Waals surface area contributed by atoms with E-state index in [2.05, 4.69) is 22.2 Å². The number of nitrogens with zero attached hydrogens (tertiary/aromatic N) is 2. The Morgan fingerprint density at radius 2 is 2.15 bits per heavy atom. The predicted molar refractivity (Wildman–Crippen MR) is 98.7 cm³/mol. The molecule has 2 heterocycles. The van der Waals surface area contributed by atoms with Crippen LogP contribution in [0.15, 0.2) is 34.9 Å². The number of aromatic carboxylic acids is 1. The molecule has 0 fully saturated rings. The van der Waals surface area contributed by atoms with Gasteiger partial charge in [0, 0.05) is 18.3 Å². The van der Waals surface area contributed by atoms with Gasteiger partial charge in [0.05, 0.1) is 17.4 Å². The van der Waals surface area contributed by atoms with Gasteiger partial charge in [-0.1, -0.05) is 6.92 Å². The van der Waals surface area contributed by atoms with Crippen LogP contribution in [-0.2, 0) is 0 Å². The number of carbonyl (C=O) groups is 1. The van der Waals surface area contributed by atoms with Crippen LogP contribution in [0.1, 0.15) is 37.6 Å². The van der Waals surface area contributed by atoms with Gasteiger partial charge in [0.2, 0.25) is 0 Å². The number of hydrogen-bond acceptors (Lipinski definition) is 6. The minimum atomic E-state index is -1.01. The number of carboxylic acids is 1. The smallest absolute Gasteiger partial charge is 0.337 e. The molecule has 7 nitrogen and oxygen atoms in total. The van der Waals surface area contributed by atoms with E-state index in [1.165, 1.54) is 12.3 Å². The maximum atomic E-state index is 11.0. The fourth-order valence-electron chi connectivity index (χ4n) is 2.49. The lowest BCUT2D eigenvalue weighted by Crippen LogP contribution is -2.06. The Hall–Kier alpha value is -3.09. The minimum absolute atomic E-state index is 0.0343. The second kappa shape index (κ2) is 7.43. The number of carboxylic acid groups (broad SMARTS) is 1. The van der Waals surface area contributed by atoms with Gasteiger partial charge in [-0.15, -0.1) is 0 Å². The van der Waals surface area contributed by atoms with E-state index in [1.54, 1.807) is 6.07 Å². The summed E-state index contributed by atoms with van der Waals surface area (Å²) in [5, 5.41) is 12.1. The molecular formula is C19H21N3O4. The average molecular weight is 355 g/mol.